The predicted molar refractivity (Wildman–Crippen MR) is 110 cm³/mol. The Labute approximate surface area is 166 Å². The summed E-state index contributed by atoms with van der Waals surface area (Å²) in [6, 6.07) is 6.05. The van der Waals surface area contributed by atoms with E-state index in [2.05, 4.69) is 54.4 Å². The molecule has 3 heterocycles. The SMILES string of the molecule is CN1CCc2c(n(CC(=O)N3CCN(C)C(C)(C)C3)c3ccc(Cl)cc23)C1. The van der Waals surface area contributed by atoms with E-state index in [1.807, 2.05) is 11.0 Å². The van der Waals surface area contributed by atoms with Gasteiger partial charge in [-0.25, -0.2) is 0 Å². The third-order valence-corrected chi connectivity index (χ3v) is 6.61. The number of carbonyl (C=O) groups is 1. The predicted octanol–water partition coefficient (Wildman–Crippen LogP) is 2.84. The number of rotatable bonds is 2. The number of hydrogen-bond acceptors (Lipinski definition) is 3. The third kappa shape index (κ3) is 3.37. The standard InChI is InChI=1S/C21H29ClN4O/c1-21(2)14-25(10-9-24(21)4)20(27)13-26-18-6-5-15(22)11-17(18)16-7-8-23(3)12-19(16)26/h5-6,11H,7-10,12-14H2,1-4H3. The molecule has 146 valence electrons. The normalized spacial score (nSPS) is 20.9. The number of fused-ring (bicyclic) bond motifs is 3. The van der Waals surface area contributed by atoms with Crippen LogP contribution in [0.3, 0.4) is 0 Å². The van der Waals surface area contributed by atoms with Crippen molar-refractivity contribution in [2.24, 2.45) is 0 Å². The van der Waals surface area contributed by atoms with Gasteiger partial charge in [0.2, 0.25) is 5.91 Å². The van der Waals surface area contributed by atoms with Crippen LogP contribution in [-0.2, 0) is 24.3 Å². The van der Waals surface area contributed by atoms with Crippen LogP contribution in [0.15, 0.2) is 18.2 Å². The van der Waals surface area contributed by atoms with Crippen LogP contribution in [-0.4, -0.2) is 71.0 Å². The van der Waals surface area contributed by atoms with Gasteiger partial charge in [0.15, 0.2) is 0 Å². The zero-order valence-corrected chi connectivity index (χ0v) is 17.5. The highest BCUT2D eigenvalue weighted by atomic mass is 35.5. The van der Waals surface area contributed by atoms with Gasteiger partial charge in [-0.1, -0.05) is 11.6 Å². The van der Waals surface area contributed by atoms with Gasteiger partial charge in [-0.15, -0.1) is 0 Å². The average molecular weight is 389 g/mol. The van der Waals surface area contributed by atoms with Crippen molar-refractivity contribution in [2.45, 2.75) is 38.9 Å². The van der Waals surface area contributed by atoms with Crippen molar-refractivity contribution in [1.29, 1.82) is 0 Å². The number of nitrogens with zero attached hydrogens (tertiary/aromatic N) is 4. The summed E-state index contributed by atoms with van der Waals surface area (Å²) in [5.41, 5.74) is 3.76. The first-order valence-electron chi connectivity index (χ1n) is 9.73. The van der Waals surface area contributed by atoms with E-state index in [1.54, 1.807) is 0 Å². The van der Waals surface area contributed by atoms with E-state index in [-0.39, 0.29) is 11.4 Å². The average Bonchev–Trinajstić information content (AvgIpc) is 2.89. The van der Waals surface area contributed by atoms with Gasteiger partial charge in [-0.3, -0.25) is 9.69 Å². The summed E-state index contributed by atoms with van der Waals surface area (Å²) in [6.07, 6.45) is 1.01. The van der Waals surface area contributed by atoms with Crippen LogP contribution in [0.1, 0.15) is 25.1 Å². The van der Waals surface area contributed by atoms with Crippen LogP contribution < -0.4 is 0 Å². The first-order valence-corrected chi connectivity index (χ1v) is 10.1. The number of halogens is 1. The molecule has 2 aromatic rings. The van der Waals surface area contributed by atoms with Crippen molar-refractivity contribution in [3.8, 4) is 0 Å². The van der Waals surface area contributed by atoms with Crippen molar-refractivity contribution in [2.75, 3.05) is 40.3 Å². The minimum absolute atomic E-state index is 0.0137. The molecule has 2 aliphatic rings. The molecule has 0 unspecified atom stereocenters. The Hall–Kier alpha value is -1.56. The fourth-order valence-electron chi connectivity index (χ4n) is 4.42. The lowest BCUT2D eigenvalue weighted by Crippen LogP contribution is -2.59. The zero-order chi connectivity index (χ0) is 19.3. The molecule has 0 spiro atoms. The molecule has 6 heteroatoms. The largest absolute Gasteiger partial charge is 0.338 e. The molecule has 1 aromatic heterocycles. The van der Waals surface area contributed by atoms with E-state index in [0.29, 0.717) is 6.54 Å². The van der Waals surface area contributed by atoms with Gasteiger partial charge in [-0.2, -0.15) is 0 Å². The summed E-state index contributed by atoms with van der Waals surface area (Å²) in [5, 5.41) is 1.96. The summed E-state index contributed by atoms with van der Waals surface area (Å²) in [6.45, 7) is 9.22. The molecule has 0 N–H and O–H groups in total. The van der Waals surface area contributed by atoms with E-state index in [1.165, 1.54) is 16.6 Å². The van der Waals surface area contributed by atoms with E-state index >= 15 is 0 Å². The molecule has 1 fully saturated rings. The lowest BCUT2D eigenvalue weighted by Gasteiger charge is -2.45. The molecule has 2 aliphatic heterocycles. The van der Waals surface area contributed by atoms with E-state index in [4.69, 9.17) is 11.6 Å². The Balaban J connectivity index is 1.68. The molecule has 0 radical (unpaired) electrons. The molecule has 0 bridgehead atoms. The molecule has 27 heavy (non-hydrogen) atoms. The van der Waals surface area contributed by atoms with Crippen molar-refractivity contribution in [3.63, 3.8) is 0 Å². The Morgan fingerprint density at radius 2 is 1.96 bits per heavy atom. The summed E-state index contributed by atoms with van der Waals surface area (Å²) in [5.74, 6) is 0.207. The summed E-state index contributed by atoms with van der Waals surface area (Å²) in [7, 11) is 4.28. The van der Waals surface area contributed by atoms with Crippen molar-refractivity contribution in [3.05, 3.63) is 34.5 Å². The zero-order valence-electron chi connectivity index (χ0n) is 16.8. The molecule has 0 aliphatic carbocycles. The number of likely N-dealkylation sites (N-methyl/N-ethyl adjacent to an activating group) is 2. The van der Waals surface area contributed by atoms with Crippen LogP contribution >= 0.6 is 11.6 Å². The van der Waals surface area contributed by atoms with Gasteiger partial charge in [0.05, 0.1) is 0 Å². The third-order valence-electron chi connectivity index (χ3n) is 6.37. The molecule has 0 saturated carbocycles. The second-order valence-electron chi connectivity index (χ2n) is 8.71. The van der Waals surface area contributed by atoms with Crippen LogP contribution in [0.2, 0.25) is 5.02 Å². The molecular formula is C21H29ClN4O. The lowest BCUT2D eigenvalue weighted by atomic mass is 10.00. The quantitative estimate of drug-likeness (QED) is 0.792. The molecule has 4 rings (SSSR count). The lowest BCUT2D eigenvalue weighted by molar-refractivity contribution is -0.136. The minimum Gasteiger partial charge on any atom is -0.338 e. The Bertz CT molecular complexity index is 888. The number of benzene rings is 1. The first-order chi connectivity index (χ1) is 12.8. The molecule has 1 saturated heterocycles. The topological polar surface area (TPSA) is 31.7 Å². The molecule has 0 atom stereocenters. The smallest absolute Gasteiger partial charge is 0.242 e. The highest BCUT2D eigenvalue weighted by Gasteiger charge is 2.34. The summed E-state index contributed by atoms with van der Waals surface area (Å²) < 4.78 is 2.23. The molecule has 1 aromatic carbocycles. The second kappa shape index (κ2) is 6.80. The van der Waals surface area contributed by atoms with E-state index in [9.17, 15) is 4.79 Å². The first kappa shape index (κ1) is 18.8. The molecule has 1 amide bonds. The van der Waals surface area contributed by atoms with Crippen LogP contribution in [0.4, 0.5) is 0 Å². The highest BCUT2D eigenvalue weighted by Crippen LogP contribution is 2.32. The van der Waals surface area contributed by atoms with Gasteiger partial charge in [-0.05, 0) is 58.1 Å². The van der Waals surface area contributed by atoms with E-state index in [0.717, 1.165) is 49.7 Å². The molecular weight excluding hydrogens is 360 g/mol. The minimum atomic E-state index is 0.0137. The Morgan fingerprint density at radius 3 is 2.70 bits per heavy atom. The molecule has 5 nitrogen and oxygen atoms in total. The number of aromatic nitrogens is 1. The van der Waals surface area contributed by atoms with Gasteiger partial charge < -0.3 is 14.4 Å². The van der Waals surface area contributed by atoms with Crippen molar-refractivity contribution < 1.29 is 4.79 Å². The maximum atomic E-state index is 13.2. The van der Waals surface area contributed by atoms with Crippen LogP contribution in [0.5, 0.6) is 0 Å². The maximum Gasteiger partial charge on any atom is 0.242 e. The fourth-order valence-corrected chi connectivity index (χ4v) is 4.59. The fraction of sp³-hybridized carbons (Fsp3) is 0.571. The van der Waals surface area contributed by atoms with Gasteiger partial charge >= 0.3 is 0 Å². The van der Waals surface area contributed by atoms with Crippen LogP contribution in [0, 0.1) is 0 Å². The van der Waals surface area contributed by atoms with Crippen molar-refractivity contribution in [1.82, 2.24) is 19.3 Å². The number of hydrogen-bond donors (Lipinski definition) is 0. The second-order valence-corrected chi connectivity index (χ2v) is 9.15. The highest BCUT2D eigenvalue weighted by molar-refractivity contribution is 6.31. The maximum absolute atomic E-state index is 13.2. The Morgan fingerprint density at radius 1 is 1.19 bits per heavy atom. The van der Waals surface area contributed by atoms with E-state index < -0.39 is 0 Å². The van der Waals surface area contributed by atoms with Crippen LogP contribution in [0.25, 0.3) is 10.9 Å². The number of amides is 1. The number of piperazine rings is 1. The Kier molecular flexibility index (Phi) is 4.73. The van der Waals surface area contributed by atoms with Gasteiger partial charge in [0, 0.05) is 59.9 Å². The monoisotopic (exact) mass is 388 g/mol. The summed E-state index contributed by atoms with van der Waals surface area (Å²) >= 11 is 6.27. The summed E-state index contributed by atoms with van der Waals surface area (Å²) in [4.78, 5) is 19.9. The van der Waals surface area contributed by atoms with Gasteiger partial charge in [0.1, 0.15) is 6.54 Å². The van der Waals surface area contributed by atoms with Crippen molar-refractivity contribution >= 4 is 28.4 Å². The van der Waals surface area contributed by atoms with Gasteiger partial charge in [0.25, 0.3) is 0 Å². The number of carbonyl (C=O) groups excluding carboxylic acids is 1.